The van der Waals surface area contributed by atoms with E-state index in [9.17, 15) is 9.59 Å². The minimum absolute atomic E-state index is 0.0411. The molecule has 2 aromatic carbocycles. The van der Waals surface area contributed by atoms with Gasteiger partial charge in [-0.25, -0.2) is 4.98 Å². The van der Waals surface area contributed by atoms with Crippen LogP contribution < -0.4 is 10.1 Å². The van der Waals surface area contributed by atoms with Crippen molar-refractivity contribution in [2.75, 3.05) is 39.8 Å². The number of carbonyl (C=O) groups is 2. The Morgan fingerprint density at radius 2 is 1.78 bits per heavy atom. The Labute approximate surface area is 222 Å². The van der Waals surface area contributed by atoms with Crippen molar-refractivity contribution in [2.24, 2.45) is 0 Å². The highest BCUT2D eigenvalue weighted by Crippen LogP contribution is 2.24. The fraction of sp³-hybridized carbons (Fsp3) is 0.321. The standard InChI is InChI=1S/C28H31ClN4O4/c1-32-15-6-16-33(18-17-32)28(35)25(20-36-19-21-7-3-2-4-8-21)31-26(34)24-9-5-14-30-27(24)37-23-12-10-22(29)11-13-23/h2-5,7-14,25H,6,15-20H2,1H3,(H,31,34)/t25-/m0/s1. The van der Waals surface area contributed by atoms with E-state index in [1.54, 1.807) is 47.5 Å². The molecular weight excluding hydrogens is 492 g/mol. The molecule has 0 unspecified atom stereocenters. The highest BCUT2D eigenvalue weighted by Gasteiger charge is 2.29. The monoisotopic (exact) mass is 522 g/mol. The van der Waals surface area contributed by atoms with E-state index in [4.69, 9.17) is 21.1 Å². The van der Waals surface area contributed by atoms with Crippen molar-refractivity contribution in [1.82, 2.24) is 20.1 Å². The average molecular weight is 523 g/mol. The summed E-state index contributed by atoms with van der Waals surface area (Å²) in [6.07, 6.45) is 2.41. The van der Waals surface area contributed by atoms with Crippen LogP contribution in [0.5, 0.6) is 11.6 Å². The summed E-state index contributed by atoms with van der Waals surface area (Å²) in [6, 6.07) is 18.9. The van der Waals surface area contributed by atoms with Gasteiger partial charge in [0, 0.05) is 30.9 Å². The third-order valence-electron chi connectivity index (χ3n) is 6.07. The van der Waals surface area contributed by atoms with Crippen LogP contribution in [0.1, 0.15) is 22.3 Å². The molecule has 1 saturated heterocycles. The van der Waals surface area contributed by atoms with E-state index >= 15 is 0 Å². The number of rotatable bonds is 9. The molecule has 1 aliphatic heterocycles. The second-order valence-electron chi connectivity index (χ2n) is 8.92. The minimum Gasteiger partial charge on any atom is -0.438 e. The molecule has 3 aromatic rings. The van der Waals surface area contributed by atoms with E-state index < -0.39 is 11.9 Å². The van der Waals surface area contributed by atoms with E-state index in [1.165, 1.54) is 0 Å². The van der Waals surface area contributed by atoms with Crippen molar-refractivity contribution in [2.45, 2.75) is 19.1 Å². The predicted molar refractivity (Wildman–Crippen MR) is 142 cm³/mol. The average Bonchev–Trinajstić information content (AvgIpc) is 3.14. The largest absolute Gasteiger partial charge is 0.438 e. The normalized spacial score (nSPS) is 15.0. The summed E-state index contributed by atoms with van der Waals surface area (Å²) in [5.74, 6) is -0.00813. The Morgan fingerprint density at radius 1 is 1.00 bits per heavy atom. The molecule has 9 heteroatoms. The smallest absolute Gasteiger partial charge is 0.257 e. The Morgan fingerprint density at radius 3 is 2.57 bits per heavy atom. The van der Waals surface area contributed by atoms with Gasteiger partial charge in [-0.3, -0.25) is 9.59 Å². The summed E-state index contributed by atoms with van der Waals surface area (Å²) in [4.78, 5) is 35.1. The Balaban J connectivity index is 1.49. The second kappa shape index (κ2) is 13.2. The number of hydrogen-bond acceptors (Lipinski definition) is 6. The number of amides is 2. The first kappa shape index (κ1) is 26.6. The van der Waals surface area contributed by atoms with Crippen LogP contribution in [0.2, 0.25) is 5.02 Å². The molecule has 1 aromatic heterocycles. The molecule has 1 N–H and O–H groups in total. The molecule has 0 aliphatic carbocycles. The van der Waals surface area contributed by atoms with E-state index in [0.29, 0.717) is 30.5 Å². The quantitative estimate of drug-likeness (QED) is 0.457. The van der Waals surface area contributed by atoms with Crippen LogP contribution in [0.25, 0.3) is 0 Å². The van der Waals surface area contributed by atoms with Gasteiger partial charge in [-0.05, 0) is 62.0 Å². The lowest BCUT2D eigenvalue weighted by Crippen LogP contribution is -2.51. The molecule has 1 atom stereocenters. The number of aromatic nitrogens is 1. The van der Waals surface area contributed by atoms with Gasteiger partial charge in [0.1, 0.15) is 17.4 Å². The van der Waals surface area contributed by atoms with Crippen LogP contribution in [-0.4, -0.2) is 72.5 Å². The third kappa shape index (κ3) is 7.76. The number of nitrogens with one attached hydrogen (secondary N) is 1. The molecule has 2 amide bonds. The molecule has 2 heterocycles. The summed E-state index contributed by atoms with van der Waals surface area (Å²) in [5, 5.41) is 3.45. The van der Waals surface area contributed by atoms with Crippen molar-refractivity contribution >= 4 is 23.4 Å². The maximum Gasteiger partial charge on any atom is 0.257 e. The van der Waals surface area contributed by atoms with Crippen LogP contribution in [0.15, 0.2) is 72.9 Å². The Kier molecular flexibility index (Phi) is 9.48. The second-order valence-corrected chi connectivity index (χ2v) is 9.36. The van der Waals surface area contributed by atoms with Gasteiger partial charge >= 0.3 is 0 Å². The van der Waals surface area contributed by atoms with Crippen LogP contribution >= 0.6 is 11.6 Å². The van der Waals surface area contributed by atoms with Crippen LogP contribution in [0, 0.1) is 0 Å². The van der Waals surface area contributed by atoms with Gasteiger partial charge < -0.3 is 24.6 Å². The summed E-state index contributed by atoms with van der Waals surface area (Å²) in [5.41, 5.74) is 1.20. The molecule has 0 bridgehead atoms. The van der Waals surface area contributed by atoms with E-state index in [1.807, 2.05) is 37.4 Å². The van der Waals surface area contributed by atoms with Crippen LogP contribution in [0.4, 0.5) is 0 Å². The molecule has 1 fully saturated rings. The lowest BCUT2D eigenvalue weighted by Gasteiger charge is -2.27. The van der Waals surface area contributed by atoms with Crippen LogP contribution in [0.3, 0.4) is 0 Å². The molecule has 37 heavy (non-hydrogen) atoms. The van der Waals surface area contributed by atoms with Crippen molar-refractivity contribution < 1.29 is 19.1 Å². The van der Waals surface area contributed by atoms with Gasteiger partial charge in [-0.1, -0.05) is 41.9 Å². The van der Waals surface area contributed by atoms with Crippen molar-refractivity contribution in [3.8, 4) is 11.6 Å². The van der Waals surface area contributed by atoms with Gasteiger partial charge in [-0.15, -0.1) is 0 Å². The zero-order valence-electron chi connectivity index (χ0n) is 20.8. The summed E-state index contributed by atoms with van der Waals surface area (Å²) >= 11 is 5.96. The molecule has 8 nitrogen and oxygen atoms in total. The number of pyridine rings is 1. The van der Waals surface area contributed by atoms with Crippen molar-refractivity contribution in [3.05, 3.63) is 89.1 Å². The van der Waals surface area contributed by atoms with Gasteiger partial charge in [0.15, 0.2) is 0 Å². The minimum atomic E-state index is -0.858. The number of hydrogen-bond donors (Lipinski definition) is 1. The van der Waals surface area contributed by atoms with Gasteiger partial charge in [-0.2, -0.15) is 0 Å². The predicted octanol–water partition coefficient (Wildman–Crippen LogP) is 4.01. The molecular formula is C28H31ClN4O4. The number of nitrogens with zero attached hydrogens (tertiary/aromatic N) is 3. The zero-order valence-corrected chi connectivity index (χ0v) is 21.6. The maximum atomic E-state index is 13.5. The molecule has 0 saturated carbocycles. The van der Waals surface area contributed by atoms with Gasteiger partial charge in [0.05, 0.1) is 13.2 Å². The van der Waals surface area contributed by atoms with E-state index in [2.05, 4.69) is 15.2 Å². The lowest BCUT2D eigenvalue weighted by molar-refractivity contribution is -0.134. The number of ether oxygens (including phenoxy) is 2. The summed E-state index contributed by atoms with van der Waals surface area (Å²) < 4.78 is 11.7. The van der Waals surface area contributed by atoms with Gasteiger partial charge in [0.2, 0.25) is 11.8 Å². The van der Waals surface area contributed by atoms with Crippen molar-refractivity contribution in [3.63, 3.8) is 0 Å². The Bertz CT molecular complexity index is 1180. The van der Waals surface area contributed by atoms with E-state index in [-0.39, 0.29) is 24.0 Å². The fourth-order valence-corrected chi connectivity index (χ4v) is 4.15. The zero-order chi connectivity index (χ0) is 26.0. The number of benzene rings is 2. The summed E-state index contributed by atoms with van der Waals surface area (Å²) in [6.45, 7) is 3.30. The lowest BCUT2D eigenvalue weighted by atomic mass is 10.2. The maximum absolute atomic E-state index is 13.5. The highest BCUT2D eigenvalue weighted by molar-refractivity contribution is 6.30. The number of carbonyl (C=O) groups excluding carboxylic acids is 2. The number of likely N-dealkylation sites (N-methyl/N-ethyl adjacent to an activating group) is 1. The first-order valence-electron chi connectivity index (χ1n) is 12.3. The summed E-state index contributed by atoms with van der Waals surface area (Å²) in [7, 11) is 2.04. The molecule has 4 rings (SSSR count). The van der Waals surface area contributed by atoms with E-state index in [0.717, 1.165) is 25.1 Å². The topological polar surface area (TPSA) is 84.0 Å². The van der Waals surface area contributed by atoms with Crippen molar-refractivity contribution in [1.29, 1.82) is 0 Å². The highest BCUT2D eigenvalue weighted by atomic mass is 35.5. The molecule has 194 valence electrons. The Hall–Kier alpha value is -3.46. The SMILES string of the molecule is CN1CCCN(C(=O)[C@H](COCc2ccccc2)NC(=O)c2cccnc2Oc2ccc(Cl)cc2)CC1. The first-order valence-corrected chi connectivity index (χ1v) is 12.7. The van der Waals surface area contributed by atoms with Crippen LogP contribution in [-0.2, 0) is 16.1 Å². The van der Waals surface area contributed by atoms with Gasteiger partial charge in [0.25, 0.3) is 5.91 Å². The molecule has 1 aliphatic rings. The molecule has 0 radical (unpaired) electrons. The third-order valence-corrected chi connectivity index (χ3v) is 6.33. The number of halogens is 1. The first-order chi connectivity index (χ1) is 18.0. The fourth-order valence-electron chi connectivity index (χ4n) is 4.03. The molecule has 0 spiro atoms.